The second kappa shape index (κ2) is 6.18. The van der Waals surface area contributed by atoms with Crippen molar-refractivity contribution in [3.05, 3.63) is 58.0 Å². The highest BCUT2D eigenvalue weighted by molar-refractivity contribution is 9.10. The minimum Gasteiger partial charge on any atom is -0.452 e. The molecular weight excluding hydrogens is 292 g/mol. The number of rotatable bonds is 5. The normalized spacial score (nSPS) is 12.6. The minimum absolute atomic E-state index is 0.119. The number of hydrogen-bond donors (Lipinski definition) is 2. The number of hydrazine groups is 1. The monoisotopic (exact) mass is 308 g/mol. The van der Waals surface area contributed by atoms with Gasteiger partial charge in [-0.05, 0) is 45.6 Å². The molecule has 2 rings (SSSR count). The molecule has 0 aliphatic heterocycles. The Morgan fingerprint density at radius 1 is 1.22 bits per heavy atom. The SMILES string of the molecule is CCCc1ccc(C(NN)c2ccc(Br)o2)cc1. The first-order valence-electron chi connectivity index (χ1n) is 6.04. The van der Waals surface area contributed by atoms with Gasteiger partial charge in [-0.25, -0.2) is 5.43 Å². The molecule has 2 aromatic rings. The quantitative estimate of drug-likeness (QED) is 0.656. The molecule has 0 fully saturated rings. The Kier molecular flexibility index (Phi) is 4.58. The lowest BCUT2D eigenvalue weighted by atomic mass is 10.0. The van der Waals surface area contributed by atoms with Gasteiger partial charge in [-0.1, -0.05) is 37.6 Å². The zero-order chi connectivity index (χ0) is 13.0. The first-order chi connectivity index (χ1) is 8.74. The standard InChI is InChI=1S/C14H17BrN2O/c1-2-3-10-4-6-11(7-5-10)14(17-16)12-8-9-13(15)18-12/h4-9,14,17H,2-3,16H2,1H3. The summed E-state index contributed by atoms with van der Waals surface area (Å²) in [4.78, 5) is 0. The first-order valence-corrected chi connectivity index (χ1v) is 6.84. The molecule has 0 aliphatic rings. The molecule has 1 heterocycles. The highest BCUT2D eigenvalue weighted by Crippen LogP contribution is 2.25. The van der Waals surface area contributed by atoms with Gasteiger partial charge in [0, 0.05) is 0 Å². The van der Waals surface area contributed by atoms with Crippen molar-refractivity contribution in [1.29, 1.82) is 0 Å². The van der Waals surface area contributed by atoms with Crippen molar-refractivity contribution in [3.8, 4) is 0 Å². The molecule has 0 spiro atoms. The van der Waals surface area contributed by atoms with Crippen LogP contribution in [0.15, 0.2) is 45.5 Å². The molecule has 1 atom stereocenters. The van der Waals surface area contributed by atoms with Crippen LogP contribution in [-0.4, -0.2) is 0 Å². The van der Waals surface area contributed by atoms with Crippen LogP contribution in [0.5, 0.6) is 0 Å². The van der Waals surface area contributed by atoms with Gasteiger partial charge in [0.05, 0.1) is 0 Å². The molecule has 4 heteroatoms. The Morgan fingerprint density at radius 3 is 2.44 bits per heavy atom. The molecule has 18 heavy (non-hydrogen) atoms. The first kappa shape index (κ1) is 13.3. The van der Waals surface area contributed by atoms with Gasteiger partial charge in [-0.3, -0.25) is 5.84 Å². The lowest BCUT2D eigenvalue weighted by Crippen LogP contribution is -2.28. The van der Waals surface area contributed by atoms with Gasteiger partial charge in [-0.15, -0.1) is 0 Å². The van der Waals surface area contributed by atoms with Crippen molar-refractivity contribution in [3.63, 3.8) is 0 Å². The lowest BCUT2D eigenvalue weighted by molar-refractivity contribution is 0.437. The van der Waals surface area contributed by atoms with Gasteiger partial charge in [0.25, 0.3) is 0 Å². The third-order valence-electron chi connectivity index (χ3n) is 2.90. The van der Waals surface area contributed by atoms with Gasteiger partial charge in [-0.2, -0.15) is 0 Å². The lowest BCUT2D eigenvalue weighted by Gasteiger charge is -2.14. The largest absolute Gasteiger partial charge is 0.452 e. The molecule has 1 aromatic heterocycles. The van der Waals surface area contributed by atoms with E-state index in [1.807, 2.05) is 12.1 Å². The van der Waals surface area contributed by atoms with E-state index in [2.05, 4.69) is 52.5 Å². The number of hydrogen-bond acceptors (Lipinski definition) is 3. The Balaban J connectivity index is 2.22. The molecule has 0 saturated heterocycles. The van der Waals surface area contributed by atoms with Crippen molar-refractivity contribution in [1.82, 2.24) is 5.43 Å². The average molecular weight is 309 g/mol. The molecular formula is C14H17BrN2O. The van der Waals surface area contributed by atoms with Crippen LogP contribution in [0.3, 0.4) is 0 Å². The molecule has 0 radical (unpaired) electrons. The number of nitrogens with one attached hydrogen (secondary N) is 1. The topological polar surface area (TPSA) is 51.2 Å². The van der Waals surface area contributed by atoms with E-state index in [9.17, 15) is 0 Å². The van der Waals surface area contributed by atoms with Crippen LogP contribution < -0.4 is 11.3 Å². The van der Waals surface area contributed by atoms with E-state index in [-0.39, 0.29) is 6.04 Å². The van der Waals surface area contributed by atoms with Crippen molar-refractivity contribution in [2.24, 2.45) is 5.84 Å². The van der Waals surface area contributed by atoms with Crippen molar-refractivity contribution in [2.45, 2.75) is 25.8 Å². The molecule has 96 valence electrons. The summed E-state index contributed by atoms with van der Waals surface area (Å²) in [6.07, 6.45) is 2.26. The van der Waals surface area contributed by atoms with E-state index in [1.54, 1.807) is 0 Å². The van der Waals surface area contributed by atoms with E-state index in [1.165, 1.54) is 5.56 Å². The van der Waals surface area contributed by atoms with Crippen LogP contribution in [0, 0.1) is 0 Å². The molecule has 0 aliphatic carbocycles. The van der Waals surface area contributed by atoms with E-state index in [0.29, 0.717) is 4.67 Å². The molecule has 3 N–H and O–H groups in total. The van der Waals surface area contributed by atoms with Gasteiger partial charge < -0.3 is 4.42 Å². The second-order valence-corrected chi connectivity index (χ2v) is 5.01. The third kappa shape index (κ3) is 3.02. The van der Waals surface area contributed by atoms with Gasteiger partial charge in [0.1, 0.15) is 11.8 Å². The number of aryl methyl sites for hydroxylation is 1. The van der Waals surface area contributed by atoms with E-state index < -0.39 is 0 Å². The zero-order valence-electron chi connectivity index (χ0n) is 10.3. The summed E-state index contributed by atoms with van der Waals surface area (Å²) in [5.74, 6) is 6.42. The summed E-state index contributed by atoms with van der Waals surface area (Å²) in [7, 11) is 0. The molecule has 1 unspecified atom stereocenters. The smallest absolute Gasteiger partial charge is 0.169 e. The highest BCUT2D eigenvalue weighted by Gasteiger charge is 2.15. The zero-order valence-corrected chi connectivity index (χ0v) is 11.9. The summed E-state index contributed by atoms with van der Waals surface area (Å²) in [6.45, 7) is 2.18. The van der Waals surface area contributed by atoms with E-state index >= 15 is 0 Å². The fraction of sp³-hybridized carbons (Fsp3) is 0.286. The van der Waals surface area contributed by atoms with Gasteiger partial charge in [0.15, 0.2) is 4.67 Å². The summed E-state index contributed by atoms with van der Waals surface area (Å²) in [5, 5.41) is 0. The maximum atomic E-state index is 5.62. The van der Waals surface area contributed by atoms with Crippen LogP contribution in [0.2, 0.25) is 0 Å². The van der Waals surface area contributed by atoms with Crippen molar-refractivity contribution < 1.29 is 4.42 Å². The summed E-state index contributed by atoms with van der Waals surface area (Å²) < 4.78 is 6.25. The fourth-order valence-electron chi connectivity index (χ4n) is 1.99. The Bertz CT molecular complexity index is 493. The predicted octanol–water partition coefficient (Wildman–Crippen LogP) is 3.55. The molecule has 0 bridgehead atoms. The average Bonchev–Trinajstić information content (AvgIpc) is 2.79. The molecule has 1 aromatic carbocycles. The van der Waals surface area contributed by atoms with Crippen molar-refractivity contribution in [2.75, 3.05) is 0 Å². The predicted molar refractivity (Wildman–Crippen MR) is 76.0 cm³/mol. The number of halogens is 1. The summed E-state index contributed by atoms with van der Waals surface area (Å²) in [6, 6.07) is 12.1. The Morgan fingerprint density at radius 2 is 1.94 bits per heavy atom. The van der Waals surface area contributed by atoms with Crippen LogP contribution in [0.4, 0.5) is 0 Å². The maximum Gasteiger partial charge on any atom is 0.169 e. The fourth-order valence-corrected chi connectivity index (χ4v) is 2.31. The second-order valence-electron chi connectivity index (χ2n) is 4.23. The van der Waals surface area contributed by atoms with Crippen LogP contribution in [0.25, 0.3) is 0 Å². The van der Waals surface area contributed by atoms with Crippen LogP contribution >= 0.6 is 15.9 Å². The number of benzene rings is 1. The highest BCUT2D eigenvalue weighted by atomic mass is 79.9. The Labute approximate surface area is 115 Å². The summed E-state index contributed by atoms with van der Waals surface area (Å²) >= 11 is 3.30. The Hall–Kier alpha value is -1.10. The number of furan rings is 1. The van der Waals surface area contributed by atoms with Gasteiger partial charge in [0.2, 0.25) is 0 Å². The van der Waals surface area contributed by atoms with Crippen molar-refractivity contribution >= 4 is 15.9 Å². The minimum atomic E-state index is -0.119. The van der Waals surface area contributed by atoms with E-state index in [0.717, 1.165) is 24.2 Å². The summed E-state index contributed by atoms with van der Waals surface area (Å²) in [5.41, 5.74) is 5.23. The van der Waals surface area contributed by atoms with Crippen LogP contribution in [0.1, 0.15) is 36.3 Å². The molecule has 3 nitrogen and oxygen atoms in total. The maximum absolute atomic E-state index is 5.62. The number of nitrogens with two attached hydrogens (primary N) is 1. The van der Waals surface area contributed by atoms with Gasteiger partial charge >= 0.3 is 0 Å². The molecule has 0 amide bonds. The van der Waals surface area contributed by atoms with E-state index in [4.69, 9.17) is 10.3 Å². The third-order valence-corrected chi connectivity index (χ3v) is 3.32. The molecule has 0 saturated carbocycles. The van der Waals surface area contributed by atoms with Crippen LogP contribution in [-0.2, 0) is 6.42 Å².